The molecule has 0 aromatic heterocycles. The maximum absolute atomic E-state index is 5.96. The summed E-state index contributed by atoms with van der Waals surface area (Å²) in [6.45, 7) is 0.823. The molecule has 1 unspecified atom stereocenters. The Bertz CT molecular complexity index is 378. The van der Waals surface area contributed by atoms with Crippen LogP contribution in [-0.2, 0) is 5.41 Å². The van der Waals surface area contributed by atoms with E-state index in [1.807, 2.05) is 0 Å². The quantitative estimate of drug-likeness (QED) is 0.868. The molecular formula is C14H19NS. The largest absolute Gasteiger partial charge is 0.330 e. The Kier molecular flexibility index (Phi) is 2.72. The molecule has 1 heterocycles. The van der Waals surface area contributed by atoms with Crippen LogP contribution in [0.3, 0.4) is 0 Å². The summed E-state index contributed by atoms with van der Waals surface area (Å²) in [5.41, 5.74) is 9.47. The minimum absolute atomic E-state index is 0.351. The summed E-state index contributed by atoms with van der Waals surface area (Å²) in [4.78, 5) is 0. The van der Waals surface area contributed by atoms with Gasteiger partial charge in [0.1, 0.15) is 0 Å². The van der Waals surface area contributed by atoms with Crippen molar-refractivity contribution in [2.24, 2.45) is 5.73 Å². The predicted octanol–water partition coefficient (Wildman–Crippen LogP) is 2.90. The van der Waals surface area contributed by atoms with E-state index in [0.29, 0.717) is 5.41 Å². The van der Waals surface area contributed by atoms with Gasteiger partial charge < -0.3 is 5.73 Å². The number of benzene rings is 1. The van der Waals surface area contributed by atoms with Gasteiger partial charge in [-0.3, -0.25) is 0 Å². The van der Waals surface area contributed by atoms with Crippen LogP contribution in [-0.4, -0.2) is 18.1 Å². The summed E-state index contributed by atoms with van der Waals surface area (Å²) in [6.07, 6.45) is 3.93. The molecule has 1 nitrogen and oxygen atoms in total. The smallest absolute Gasteiger partial charge is 0.00790 e. The van der Waals surface area contributed by atoms with Gasteiger partial charge in [0.05, 0.1) is 0 Å². The Morgan fingerprint density at radius 1 is 1.31 bits per heavy atom. The lowest BCUT2D eigenvalue weighted by Gasteiger charge is -2.21. The highest BCUT2D eigenvalue weighted by molar-refractivity contribution is 7.99. The fraction of sp³-hybridized carbons (Fsp3) is 0.571. The molecule has 2 aliphatic rings. The van der Waals surface area contributed by atoms with E-state index in [0.717, 1.165) is 12.5 Å². The van der Waals surface area contributed by atoms with Crippen molar-refractivity contribution in [3.05, 3.63) is 35.4 Å². The molecule has 0 bridgehead atoms. The van der Waals surface area contributed by atoms with Gasteiger partial charge in [0.2, 0.25) is 0 Å². The monoisotopic (exact) mass is 233 g/mol. The van der Waals surface area contributed by atoms with E-state index in [2.05, 4.69) is 36.0 Å². The SMILES string of the molecule is NCC1(c2ccccc2C2CCSC2)CC1. The molecule has 3 rings (SSSR count). The minimum Gasteiger partial charge on any atom is -0.330 e. The van der Waals surface area contributed by atoms with Crippen molar-refractivity contribution < 1.29 is 0 Å². The molecule has 0 amide bonds. The zero-order valence-electron chi connectivity index (χ0n) is 9.61. The number of hydrogen-bond acceptors (Lipinski definition) is 2. The highest BCUT2D eigenvalue weighted by atomic mass is 32.2. The Labute approximate surface area is 102 Å². The number of thioether (sulfide) groups is 1. The second-order valence-electron chi connectivity index (χ2n) is 5.13. The third kappa shape index (κ3) is 1.68. The van der Waals surface area contributed by atoms with Crippen molar-refractivity contribution >= 4 is 11.8 Å². The van der Waals surface area contributed by atoms with Gasteiger partial charge in [-0.05, 0) is 42.1 Å². The van der Waals surface area contributed by atoms with Gasteiger partial charge in [0.25, 0.3) is 0 Å². The standard InChI is InChI=1S/C14H19NS/c15-10-14(6-7-14)13-4-2-1-3-12(13)11-5-8-16-9-11/h1-4,11H,5-10,15H2. The van der Waals surface area contributed by atoms with Crippen molar-refractivity contribution in [2.75, 3.05) is 18.1 Å². The van der Waals surface area contributed by atoms with Crippen LogP contribution in [0.2, 0.25) is 0 Å². The molecule has 0 radical (unpaired) electrons. The highest BCUT2D eigenvalue weighted by Crippen LogP contribution is 2.50. The normalized spacial score (nSPS) is 26.9. The molecule has 2 N–H and O–H groups in total. The molecule has 16 heavy (non-hydrogen) atoms. The zero-order valence-corrected chi connectivity index (χ0v) is 10.4. The Morgan fingerprint density at radius 2 is 2.12 bits per heavy atom. The molecule has 1 aromatic rings. The van der Waals surface area contributed by atoms with Gasteiger partial charge >= 0.3 is 0 Å². The molecule has 1 saturated carbocycles. The fourth-order valence-corrected chi connectivity index (χ4v) is 4.10. The lowest BCUT2D eigenvalue weighted by molar-refractivity contribution is 0.671. The fourth-order valence-electron chi connectivity index (χ4n) is 2.85. The first-order valence-corrected chi connectivity index (χ1v) is 7.38. The molecule has 0 spiro atoms. The van der Waals surface area contributed by atoms with Gasteiger partial charge in [0, 0.05) is 17.7 Å². The third-order valence-electron chi connectivity index (χ3n) is 4.15. The summed E-state index contributed by atoms with van der Waals surface area (Å²) < 4.78 is 0. The Balaban J connectivity index is 1.97. The zero-order chi connectivity index (χ0) is 11.0. The van der Waals surface area contributed by atoms with Crippen molar-refractivity contribution in [3.63, 3.8) is 0 Å². The highest BCUT2D eigenvalue weighted by Gasteiger charge is 2.44. The van der Waals surface area contributed by atoms with E-state index in [9.17, 15) is 0 Å². The van der Waals surface area contributed by atoms with Gasteiger partial charge in [-0.15, -0.1) is 0 Å². The first kappa shape index (κ1) is 10.7. The van der Waals surface area contributed by atoms with Gasteiger partial charge in [0.15, 0.2) is 0 Å². The second-order valence-corrected chi connectivity index (χ2v) is 6.28. The molecule has 1 atom stereocenters. The van der Waals surface area contributed by atoms with Gasteiger partial charge in [-0.1, -0.05) is 24.3 Å². The van der Waals surface area contributed by atoms with Crippen LogP contribution < -0.4 is 5.73 Å². The maximum Gasteiger partial charge on any atom is 0.00790 e. The van der Waals surface area contributed by atoms with E-state index in [1.165, 1.54) is 30.8 Å². The summed E-state index contributed by atoms with van der Waals surface area (Å²) in [5.74, 6) is 3.41. The summed E-state index contributed by atoms with van der Waals surface area (Å²) in [7, 11) is 0. The first-order valence-electron chi connectivity index (χ1n) is 6.23. The van der Waals surface area contributed by atoms with Crippen molar-refractivity contribution in [1.29, 1.82) is 0 Å². The van der Waals surface area contributed by atoms with E-state index in [4.69, 9.17) is 5.73 Å². The summed E-state index contributed by atoms with van der Waals surface area (Å²) >= 11 is 2.09. The topological polar surface area (TPSA) is 26.0 Å². The van der Waals surface area contributed by atoms with Gasteiger partial charge in [-0.2, -0.15) is 11.8 Å². The second kappa shape index (κ2) is 4.08. The van der Waals surface area contributed by atoms with Crippen LogP contribution in [0.5, 0.6) is 0 Å². The molecule has 86 valence electrons. The van der Waals surface area contributed by atoms with Gasteiger partial charge in [-0.25, -0.2) is 0 Å². The van der Waals surface area contributed by atoms with Crippen molar-refractivity contribution in [3.8, 4) is 0 Å². The molecule has 1 saturated heterocycles. The lowest BCUT2D eigenvalue weighted by Crippen LogP contribution is -2.22. The minimum atomic E-state index is 0.351. The number of rotatable bonds is 3. The Morgan fingerprint density at radius 3 is 2.75 bits per heavy atom. The van der Waals surface area contributed by atoms with Crippen LogP contribution in [0.15, 0.2) is 24.3 Å². The van der Waals surface area contributed by atoms with E-state index < -0.39 is 0 Å². The predicted molar refractivity (Wildman–Crippen MR) is 71.1 cm³/mol. The molecule has 1 aromatic carbocycles. The first-order chi connectivity index (χ1) is 7.86. The van der Waals surface area contributed by atoms with Crippen LogP contribution in [0.1, 0.15) is 36.3 Å². The average molecular weight is 233 g/mol. The Hall–Kier alpha value is -0.470. The third-order valence-corrected chi connectivity index (χ3v) is 5.31. The summed E-state index contributed by atoms with van der Waals surface area (Å²) in [5, 5.41) is 0. The molecular weight excluding hydrogens is 214 g/mol. The van der Waals surface area contributed by atoms with E-state index >= 15 is 0 Å². The van der Waals surface area contributed by atoms with Crippen LogP contribution in [0, 0.1) is 0 Å². The lowest BCUT2D eigenvalue weighted by atomic mass is 9.85. The molecule has 1 aliphatic carbocycles. The average Bonchev–Trinajstić information content (AvgIpc) is 2.95. The van der Waals surface area contributed by atoms with E-state index in [-0.39, 0.29) is 0 Å². The number of nitrogens with two attached hydrogens (primary N) is 1. The van der Waals surface area contributed by atoms with Crippen LogP contribution >= 0.6 is 11.8 Å². The molecule has 2 heteroatoms. The molecule has 2 fully saturated rings. The maximum atomic E-state index is 5.96. The summed E-state index contributed by atoms with van der Waals surface area (Å²) in [6, 6.07) is 9.02. The van der Waals surface area contributed by atoms with Crippen molar-refractivity contribution in [2.45, 2.75) is 30.6 Å². The van der Waals surface area contributed by atoms with Crippen LogP contribution in [0.25, 0.3) is 0 Å². The van der Waals surface area contributed by atoms with E-state index in [1.54, 1.807) is 11.1 Å². The molecule has 1 aliphatic heterocycles. The van der Waals surface area contributed by atoms with Crippen LogP contribution in [0.4, 0.5) is 0 Å². The van der Waals surface area contributed by atoms with Crippen molar-refractivity contribution in [1.82, 2.24) is 0 Å². The number of hydrogen-bond donors (Lipinski definition) is 1.